The highest BCUT2D eigenvalue weighted by atomic mass is 16.5. The van der Waals surface area contributed by atoms with Gasteiger partial charge in [0, 0.05) is 25.1 Å². The number of unbranched alkanes of at least 4 members (excludes halogenated alkanes) is 2. The highest BCUT2D eigenvalue weighted by molar-refractivity contribution is 5.95. The average Bonchev–Trinajstić information content (AvgIpc) is 2.84. The number of amides is 4. The number of anilines is 1. The first-order chi connectivity index (χ1) is 16.5. The molecular weight excluding hydrogens is 436 g/mol. The number of benzene rings is 2. The number of carbonyl (C=O) groups is 4. The maximum absolute atomic E-state index is 12.8. The fraction of sp³-hybridized carbons (Fsp3) is 0.360. The molecule has 4 amide bonds. The monoisotopic (exact) mass is 468 g/mol. The number of para-hydroxylation sites is 1. The minimum absolute atomic E-state index is 0.149. The lowest BCUT2D eigenvalue weighted by atomic mass is 10.1. The molecule has 0 radical (unpaired) electrons. The SMILES string of the molecule is O=C(CCCCCC(=O)N(CC(=O)NCCc1ccccc1)CC(=O)Nc1ccccc1)NO. The zero-order chi connectivity index (χ0) is 24.6. The molecule has 0 aliphatic rings. The van der Waals surface area contributed by atoms with Gasteiger partial charge in [0.15, 0.2) is 0 Å². The van der Waals surface area contributed by atoms with Crippen molar-refractivity contribution >= 4 is 29.3 Å². The van der Waals surface area contributed by atoms with Crippen molar-refractivity contribution in [2.75, 3.05) is 25.0 Å². The maximum Gasteiger partial charge on any atom is 0.244 e. The Labute approximate surface area is 199 Å². The summed E-state index contributed by atoms with van der Waals surface area (Å²) in [7, 11) is 0. The molecule has 0 saturated carbocycles. The molecule has 0 aliphatic carbocycles. The molecule has 0 aliphatic heterocycles. The molecule has 2 aromatic rings. The topological polar surface area (TPSA) is 128 Å². The van der Waals surface area contributed by atoms with Gasteiger partial charge in [0.05, 0.1) is 0 Å². The van der Waals surface area contributed by atoms with Gasteiger partial charge in [-0.2, -0.15) is 0 Å². The van der Waals surface area contributed by atoms with Crippen LogP contribution < -0.4 is 16.1 Å². The third kappa shape index (κ3) is 10.7. The molecule has 2 aromatic carbocycles. The smallest absolute Gasteiger partial charge is 0.244 e. The summed E-state index contributed by atoms with van der Waals surface area (Å²) in [5.41, 5.74) is 3.27. The van der Waals surface area contributed by atoms with E-state index in [1.54, 1.807) is 29.7 Å². The molecule has 0 heterocycles. The van der Waals surface area contributed by atoms with E-state index in [1.807, 2.05) is 36.4 Å². The van der Waals surface area contributed by atoms with Crippen molar-refractivity contribution in [3.63, 3.8) is 0 Å². The molecule has 0 aromatic heterocycles. The summed E-state index contributed by atoms with van der Waals surface area (Å²) in [6.45, 7) is -0.0382. The van der Waals surface area contributed by atoms with E-state index in [1.165, 1.54) is 4.90 Å². The first-order valence-electron chi connectivity index (χ1n) is 11.3. The Morgan fingerprint density at radius 3 is 2.03 bits per heavy atom. The van der Waals surface area contributed by atoms with E-state index >= 15 is 0 Å². The Balaban J connectivity index is 1.86. The first kappa shape index (κ1) is 26.5. The van der Waals surface area contributed by atoms with Gasteiger partial charge in [0.25, 0.3) is 0 Å². The number of hydroxylamine groups is 1. The highest BCUT2D eigenvalue weighted by Gasteiger charge is 2.20. The van der Waals surface area contributed by atoms with Gasteiger partial charge in [-0.15, -0.1) is 0 Å². The summed E-state index contributed by atoms with van der Waals surface area (Å²) < 4.78 is 0. The van der Waals surface area contributed by atoms with E-state index in [2.05, 4.69) is 10.6 Å². The second-order valence-corrected chi connectivity index (χ2v) is 7.85. The second kappa shape index (κ2) is 15.2. The minimum atomic E-state index is -0.474. The van der Waals surface area contributed by atoms with Crippen molar-refractivity contribution in [3.05, 3.63) is 66.2 Å². The van der Waals surface area contributed by atoms with Gasteiger partial charge in [-0.25, -0.2) is 5.48 Å². The van der Waals surface area contributed by atoms with E-state index in [0.717, 1.165) is 5.56 Å². The van der Waals surface area contributed by atoms with Crippen molar-refractivity contribution in [2.24, 2.45) is 0 Å². The van der Waals surface area contributed by atoms with Crippen LogP contribution in [-0.2, 0) is 25.6 Å². The van der Waals surface area contributed by atoms with Crippen LogP contribution in [0.4, 0.5) is 5.69 Å². The Morgan fingerprint density at radius 1 is 0.735 bits per heavy atom. The van der Waals surface area contributed by atoms with Crippen LogP contribution in [0.5, 0.6) is 0 Å². The number of hydrogen-bond acceptors (Lipinski definition) is 5. The summed E-state index contributed by atoms with van der Waals surface area (Å²) in [5.74, 6) is -1.52. The van der Waals surface area contributed by atoms with Crippen LogP contribution in [-0.4, -0.2) is 53.4 Å². The summed E-state index contributed by atoms with van der Waals surface area (Å²) >= 11 is 0. The molecule has 0 unspecified atom stereocenters. The maximum atomic E-state index is 12.8. The number of nitrogens with one attached hydrogen (secondary N) is 3. The molecular formula is C25H32N4O5. The molecule has 2 rings (SSSR count). The van der Waals surface area contributed by atoms with E-state index in [9.17, 15) is 19.2 Å². The summed E-state index contributed by atoms with van der Waals surface area (Å²) in [6, 6.07) is 18.6. The largest absolute Gasteiger partial charge is 0.354 e. The summed E-state index contributed by atoms with van der Waals surface area (Å²) in [5, 5.41) is 14.0. The fourth-order valence-electron chi connectivity index (χ4n) is 3.30. The predicted molar refractivity (Wildman–Crippen MR) is 128 cm³/mol. The highest BCUT2D eigenvalue weighted by Crippen LogP contribution is 2.08. The molecule has 0 spiro atoms. The summed E-state index contributed by atoms with van der Waals surface area (Å²) in [4.78, 5) is 50.0. The second-order valence-electron chi connectivity index (χ2n) is 7.85. The lowest BCUT2D eigenvalue weighted by molar-refractivity contribution is -0.138. The molecule has 4 N–H and O–H groups in total. The van der Waals surface area contributed by atoms with Crippen LogP contribution >= 0.6 is 0 Å². The van der Waals surface area contributed by atoms with Crippen molar-refractivity contribution in [1.82, 2.24) is 15.7 Å². The van der Waals surface area contributed by atoms with Crippen LogP contribution in [0.25, 0.3) is 0 Å². The average molecular weight is 469 g/mol. The van der Waals surface area contributed by atoms with Gasteiger partial charge >= 0.3 is 0 Å². The van der Waals surface area contributed by atoms with Crippen molar-refractivity contribution in [2.45, 2.75) is 38.5 Å². The van der Waals surface area contributed by atoms with Gasteiger partial charge in [0.2, 0.25) is 23.6 Å². The normalized spacial score (nSPS) is 10.3. The number of carbonyl (C=O) groups excluding carboxylic acids is 4. The predicted octanol–water partition coefficient (Wildman–Crippen LogP) is 2.27. The zero-order valence-electron chi connectivity index (χ0n) is 19.2. The lowest BCUT2D eigenvalue weighted by Gasteiger charge is -2.22. The van der Waals surface area contributed by atoms with Gasteiger partial charge in [-0.1, -0.05) is 55.0 Å². The number of hydrogen-bond donors (Lipinski definition) is 4. The Kier molecular flexibility index (Phi) is 11.8. The molecule has 9 nitrogen and oxygen atoms in total. The molecule has 34 heavy (non-hydrogen) atoms. The molecule has 0 bridgehead atoms. The molecule has 9 heteroatoms. The summed E-state index contributed by atoms with van der Waals surface area (Å²) in [6.07, 6.45) is 2.61. The van der Waals surface area contributed by atoms with E-state index < -0.39 is 11.8 Å². The minimum Gasteiger partial charge on any atom is -0.354 e. The van der Waals surface area contributed by atoms with Gasteiger partial charge in [-0.05, 0) is 37.0 Å². The molecule has 0 fully saturated rings. The van der Waals surface area contributed by atoms with Crippen LogP contribution in [0.1, 0.15) is 37.7 Å². The Hall–Kier alpha value is -3.72. The molecule has 0 saturated heterocycles. The van der Waals surface area contributed by atoms with Crippen molar-refractivity contribution in [1.29, 1.82) is 0 Å². The zero-order valence-corrected chi connectivity index (χ0v) is 19.2. The quantitative estimate of drug-likeness (QED) is 0.192. The van der Waals surface area contributed by atoms with Crippen molar-refractivity contribution < 1.29 is 24.4 Å². The van der Waals surface area contributed by atoms with Crippen molar-refractivity contribution in [3.8, 4) is 0 Å². The number of nitrogens with zero attached hydrogens (tertiary/aromatic N) is 1. The molecule has 0 atom stereocenters. The van der Waals surface area contributed by atoms with Crippen LogP contribution in [0.2, 0.25) is 0 Å². The molecule has 182 valence electrons. The standard InChI is InChI=1S/C25H32N4O5/c30-22(28-34)14-8-3-9-15-25(33)29(19-24(32)27-21-12-6-2-7-13-21)18-23(31)26-17-16-20-10-4-1-5-11-20/h1-2,4-7,10-13,34H,3,8-9,14-19H2,(H,26,31)(H,27,32)(H,28,30). The van der Waals surface area contributed by atoms with E-state index in [-0.39, 0.29) is 37.7 Å². The van der Waals surface area contributed by atoms with Gasteiger partial charge in [0.1, 0.15) is 13.1 Å². The van der Waals surface area contributed by atoms with E-state index in [4.69, 9.17) is 5.21 Å². The number of rotatable bonds is 14. The van der Waals surface area contributed by atoms with Gasteiger partial charge in [-0.3, -0.25) is 24.4 Å². The lowest BCUT2D eigenvalue weighted by Crippen LogP contribution is -2.44. The van der Waals surface area contributed by atoms with E-state index in [0.29, 0.717) is 37.9 Å². The third-order valence-corrected chi connectivity index (χ3v) is 5.08. The van der Waals surface area contributed by atoms with Crippen LogP contribution in [0, 0.1) is 0 Å². The van der Waals surface area contributed by atoms with Crippen LogP contribution in [0.3, 0.4) is 0 Å². The Morgan fingerprint density at radius 2 is 1.35 bits per heavy atom. The third-order valence-electron chi connectivity index (χ3n) is 5.08. The Bertz CT molecular complexity index is 921. The van der Waals surface area contributed by atoms with Gasteiger partial charge < -0.3 is 15.5 Å². The fourth-order valence-corrected chi connectivity index (χ4v) is 3.30. The van der Waals surface area contributed by atoms with Crippen LogP contribution in [0.15, 0.2) is 60.7 Å². The first-order valence-corrected chi connectivity index (χ1v) is 11.3.